The molecule has 0 aliphatic carbocycles. The second-order valence-electron chi connectivity index (χ2n) is 7.48. The van der Waals surface area contributed by atoms with Gasteiger partial charge in [0.2, 0.25) is 5.91 Å². The van der Waals surface area contributed by atoms with Crippen molar-refractivity contribution in [3.63, 3.8) is 0 Å². The van der Waals surface area contributed by atoms with Gasteiger partial charge in [-0.15, -0.1) is 0 Å². The number of hydrogen-bond donors (Lipinski definition) is 3. The second-order valence-corrected chi connectivity index (χ2v) is 7.48. The van der Waals surface area contributed by atoms with Gasteiger partial charge < -0.3 is 20.7 Å². The molecule has 35 heavy (non-hydrogen) atoms. The van der Waals surface area contributed by atoms with Crippen molar-refractivity contribution in [1.82, 2.24) is 16.0 Å². The number of nitrogens with one attached hydrogen (secondary N) is 3. The molecule has 0 spiro atoms. The fourth-order valence-corrected chi connectivity index (χ4v) is 2.60. The van der Waals surface area contributed by atoms with Crippen LogP contribution in [0.15, 0.2) is 72.9 Å². The van der Waals surface area contributed by atoms with Crippen molar-refractivity contribution in [2.45, 2.75) is 58.3 Å². The van der Waals surface area contributed by atoms with E-state index < -0.39 is 12.0 Å². The van der Waals surface area contributed by atoms with Gasteiger partial charge in [0.1, 0.15) is 0 Å². The average Bonchev–Trinajstić information content (AvgIpc) is 2.86. The Labute approximate surface area is 211 Å². The average molecular weight is 486 g/mol. The normalized spacial score (nSPS) is 12.1. The highest BCUT2D eigenvalue weighted by molar-refractivity contribution is 5.80. The third-order valence-corrected chi connectivity index (χ3v) is 4.44. The third-order valence-electron chi connectivity index (χ3n) is 4.44. The lowest BCUT2D eigenvalue weighted by molar-refractivity contribution is -0.124. The van der Waals surface area contributed by atoms with Crippen LogP contribution in [0.2, 0.25) is 0 Å². The predicted octanol–water partition coefficient (Wildman–Crippen LogP) is 5.05. The van der Waals surface area contributed by atoms with Crippen molar-refractivity contribution in [1.29, 1.82) is 0 Å². The van der Waals surface area contributed by atoms with Gasteiger partial charge in [-0.25, -0.2) is 4.79 Å². The number of amides is 3. The lowest BCUT2D eigenvalue weighted by Gasteiger charge is -2.07. The lowest BCUT2D eigenvalue weighted by atomic mass is 10.2. The molecule has 0 unspecified atom stereocenters. The third kappa shape index (κ3) is 25.1. The molecule has 7 nitrogen and oxygen atoms in total. The molecule has 0 aromatic rings. The van der Waals surface area contributed by atoms with E-state index in [1.165, 1.54) is 7.05 Å². The first kappa shape index (κ1) is 31.6. The van der Waals surface area contributed by atoms with Crippen LogP contribution < -0.4 is 16.0 Å². The molecule has 0 aromatic heterocycles. The van der Waals surface area contributed by atoms with Crippen LogP contribution in [0.4, 0.5) is 4.79 Å². The minimum absolute atomic E-state index is 0.0691. The minimum Gasteiger partial charge on any atom is -0.439 e. The van der Waals surface area contributed by atoms with Crippen LogP contribution in [-0.2, 0) is 14.3 Å². The van der Waals surface area contributed by atoms with Crippen LogP contribution in [0.3, 0.4) is 0 Å². The molecular formula is C28H43N3O4. The standard InChI is InChI=1S/C28H43N3O4/c1-3-4-5-6-7-8-9-10-11-12-13-14-15-16-17-18-19-20-21-22-26(32)30-23-24-31-27(33)25-35-28(34)29-2/h4-5,7-8,10-11,13-14,16-17,19-20H,3,6,9,12,15,18,21-25H2,1-2H3,(H,29,34)(H,30,32)(H,31,33)/b5-4-,8-7-,11-10-,14-13-,17-16-,20-19-. The van der Waals surface area contributed by atoms with Gasteiger partial charge in [0.15, 0.2) is 6.61 Å². The Morgan fingerprint density at radius 2 is 1.06 bits per heavy atom. The summed E-state index contributed by atoms with van der Waals surface area (Å²) in [6.07, 6.45) is 32.0. The van der Waals surface area contributed by atoms with E-state index in [1.54, 1.807) is 0 Å². The van der Waals surface area contributed by atoms with Gasteiger partial charge in [0.05, 0.1) is 0 Å². The molecule has 0 saturated carbocycles. The maximum atomic E-state index is 11.8. The Morgan fingerprint density at radius 3 is 1.51 bits per heavy atom. The molecule has 7 heteroatoms. The monoisotopic (exact) mass is 485 g/mol. The largest absolute Gasteiger partial charge is 0.439 e. The van der Waals surface area contributed by atoms with Crippen LogP contribution >= 0.6 is 0 Å². The van der Waals surface area contributed by atoms with Gasteiger partial charge in [0, 0.05) is 26.6 Å². The smallest absolute Gasteiger partial charge is 0.407 e. The quantitative estimate of drug-likeness (QED) is 0.176. The van der Waals surface area contributed by atoms with E-state index in [4.69, 9.17) is 0 Å². The molecule has 3 N–H and O–H groups in total. The zero-order chi connectivity index (χ0) is 25.8. The van der Waals surface area contributed by atoms with Gasteiger partial charge in [0.25, 0.3) is 5.91 Å². The fourth-order valence-electron chi connectivity index (χ4n) is 2.60. The number of carbonyl (C=O) groups is 3. The molecule has 0 bridgehead atoms. The van der Waals surface area contributed by atoms with Crippen molar-refractivity contribution < 1.29 is 19.1 Å². The highest BCUT2D eigenvalue weighted by Gasteiger charge is 2.05. The molecule has 0 aromatic carbocycles. The predicted molar refractivity (Wildman–Crippen MR) is 144 cm³/mol. The number of ether oxygens (including phenoxy) is 1. The van der Waals surface area contributed by atoms with E-state index in [0.29, 0.717) is 19.4 Å². The van der Waals surface area contributed by atoms with E-state index in [-0.39, 0.29) is 19.1 Å². The molecule has 3 amide bonds. The Bertz CT molecular complexity index is 749. The van der Waals surface area contributed by atoms with Gasteiger partial charge >= 0.3 is 6.09 Å². The van der Waals surface area contributed by atoms with Crippen LogP contribution in [0.25, 0.3) is 0 Å². The molecule has 0 aliphatic rings. The van der Waals surface area contributed by atoms with E-state index in [9.17, 15) is 14.4 Å². The first-order valence-corrected chi connectivity index (χ1v) is 12.4. The highest BCUT2D eigenvalue weighted by atomic mass is 16.6. The molecule has 194 valence electrons. The zero-order valence-electron chi connectivity index (χ0n) is 21.3. The molecule has 0 aliphatic heterocycles. The number of carbonyl (C=O) groups excluding carboxylic acids is 3. The van der Waals surface area contributed by atoms with Crippen LogP contribution in [0, 0.1) is 0 Å². The Morgan fingerprint density at radius 1 is 0.629 bits per heavy atom. The van der Waals surface area contributed by atoms with E-state index in [2.05, 4.69) is 94.4 Å². The summed E-state index contributed by atoms with van der Waals surface area (Å²) >= 11 is 0. The topological polar surface area (TPSA) is 96.5 Å². The summed E-state index contributed by atoms with van der Waals surface area (Å²) in [5, 5.41) is 7.53. The van der Waals surface area contributed by atoms with Crippen molar-refractivity contribution in [2.24, 2.45) is 0 Å². The number of hydrogen-bond acceptors (Lipinski definition) is 4. The summed E-state index contributed by atoms with van der Waals surface area (Å²) in [5.74, 6) is -0.485. The van der Waals surface area contributed by atoms with Crippen molar-refractivity contribution in [2.75, 3.05) is 26.7 Å². The summed E-state index contributed by atoms with van der Waals surface area (Å²) in [6, 6.07) is 0. The van der Waals surface area contributed by atoms with Crippen LogP contribution in [-0.4, -0.2) is 44.7 Å². The number of rotatable bonds is 19. The van der Waals surface area contributed by atoms with Gasteiger partial charge in [-0.1, -0.05) is 79.8 Å². The zero-order valence-corrected chi connectivity index (χ0v) is 21.3. The number of allylic oxidation sites excluding steroid dienone is 12. The second kappa shape index (κ2) is 25.3. The Hall–Kier alpha value is -3.35. The van der Waals surface area contributed by atoms with Gasteiger partial charge in [-0.3, -0.25) is 9.59 Å². The maximum absolute atomic E-state index is 11.8. The molecular weight excluding hydrogens is 442 g/mol. The Balaban J connectivity index is 3.62. The summed E-state index contributed by atoms with van der Waals surface area (Å²) in [7, 11) is 1.41. The highest BCUT2D eigenvalue weighted by Crippen LogP contribution is 1.97. The molecule has 0 rings (SSSR count). The van der Waals surface area contributed by atoms with Crippen molar-refractivity contribution >= 4 is 17.9 Å². The summed E-state index contributed by atoms with van der Waals surface area (Å²) in [5.41, 5.74) is 0. The van der Waals surface area contributed by atoms with E-state index in [1.807, 2.05) is 6.08 Å². The molecule has 0 heterocycles. The van der Waals surface area contributed by atoms with Gasteiger partial charge in [-0.2, -0.15) is 0 Å². The summed E-state index contributed by atoms with van der Waals surface area (Å²) in [6.45, 7) is 2.40. The van der Waals surface area contributed by atoms with E-state index in [0.717, 1.165) is 38.5 Å². The summed E-state index contributed by atoms with van der Waals surface area (Å²) < 4.78 is 4.61. The fraction of sp³-hybridized carbons (Fsp3) is 0.464. The summed E-state index contributed by atoms with van der Waals surface area (Å²) in [4.78, 5) is 34.0. The van der Waals surface area contributed by atoms with Crippen molar-refractivity contribution in [3.8, 4) is 0 Å². The van der Waals surface area contributed by atoms with E-state index >= 15 is 0 Å². The molecule has 0 fully saturated rings. The first-order chi connectivity index (χ1) is 17.1. The van der Waals surface area contributed by atoms with Gasteiger partial charge in [-0.05, 0) is 44.9 Å². The van der Waals surface area contributed by atoms with Crippen LogP contribution in [0.1, 0.15) is 58.3 Å². The van der Waals surface area contributed by atoms with Crippen LogP contribution in [0.5, 0.6) is 0 Å². The number of alkyl carbamates (subject to hydrolysis) is 1. The minimum atomic E-state index is -0.664. The SMILES string of the molecule is CC/C=C\C/C=C\C/C=C\C/C=C\C/C=C\C/C=C\CCC(=O)NCCNC(=O)COC(=O)NC. The first-order valence-electron chi connectivity index (χ1n) is 12.4. The Kier molecular flexibility index (Phi) is 22.9. The van der Waals surface area contributed by atoms with Crippen molar-refractivity contribution in [3.05, 3.63) is 72.9 Å². The molecule has 0 saturated heterocycles. The molecule has 0 atom stereocenters. The molecule has 0 radical (unpaired) electrons. The maximum Gasteiger partial charge on any atom is 0.407 e. The lowest BCUT2D eigenvalue weighted by Crippen LogP contribution is -2.37.